The van der Waals surface area contributed by atoms with Crippen molar-refractivity contribution in [3.8, 4) is 0 Å². The third kappa shape index (κ3) is 1.81. The van der Waals surface area contributed by atoms with E-state index in [1.807, 2.05) is 5.38 Å². The summed E-state index contributed by atoms with van der Waals surface area (Å²) in [6, 6.07) is 5.92. The molecule has 2 N–H and O–H groups in total. The van der Waals surface area contributed by atoms with Crippen LogP contribution in [0.25, 0.3) is 0 Å². The lowest BCUT2D eigenvalue weighted by Crippen LogP contribution is -2.11. The molecule has 0 aliphatic rings. The molecule has 0 fully saturated rings. The van der Waals surface area contributed by atoms with Gasteiger partial charge in [-0.15, -0.1) is 11.3 Å². The molecule has 2 aromatic rings. The second kappa shape index (κ2) is 3.86. The molecule has 2 rings (SSSR count). The first-order chi connectivity index (χ1) is 6.77. The Balaban J connectivity index is 2.28. The predicted molar refractivity (Wildman–Crippen MR) is 54.5 cm³/mol. The molecule has 1 aromatic carbocycles. The number of rotatable bonds is 2. The van der Waals surface area contributed by atoms with E-state index in [0.717, 1.165) is 10.6 Å². The summed E-state index contributed by atoms with van der Waals surface area (Å²) in [6.45, 7) is 0. The van der Waals surface area contributed by atoms with E-state index < -0.39 is 0 Å². The molecule has 1 unspecified atom stereocenters. The molecular formula is C10H9FN2S. The summed E-state index contributed by atoms with van der Waals surface area (Å²) >= 11 is 1.50. The molecule has 14 heavy (non-hydrogen) atoms. The van der Waals surface area contributed by atoms with Crippen molar-refractivity contribution in [1.82, 2.24) is 4.98 Å². The number of halogens is 1. The molecule has 0 saturated heterocycles. The lowest BCUT2D eigenvalue weighted by Gasteiger charge is -2.07. The maximum absolute atomic E-state index is 12.6. The molecule has 1 aromatic heterocycles. The van der Waals surface area contributed by atoms with E-state index in [-0.39, 0.29) is 11.9 Å². The fraction of sp³-hybridized carbons (Fsp3) is 0.100. The number of hydrogen-bond acceptors (Lipinski definition) is 3. The van der Waals surface area contributed by atoms with Gasteiger partial charge in [-0.1, -0.05) is 12.1 Å². The summed E-state index contributed by atoms with van der Waals surface area (Å²) in [5.74, 6) is -0.250. The molecule has 1 heterocycles. The molecule has 2 nitrogen and oxygen atoms in total. The van der Waals surface area contributed by atoms with E-state index >= 15 is 0 Å². The number of thiazole rings is 1. The highest BCUT2D eigenvalue weighted by Gasteiger charge is 2.10. The molecular weight excluding hydrogens is 199 g/mol. The van der Waals surface area contributed by atoms with Crippen molar-refractivity contribution < 1.29 is 4.39 Å². The second-order valence-corrected chi connectivity index (χ2v) is 3.83. The van der Waals surface area contributed by atoms with Crippen molar-refractivity contribution in [3.63, 3.8) is 0 Å². The van der Waals surface area contributed by atoms with Crippen molar-refractivity contribution in [2.45, 2.75) is 6.04 Å². The van der Waals surface area contributed by atoms with E-state index in [2.05, 4.69) is 4.98 Å². The summed E-state index contributed by atoms with van der Waals surface area (Å²) < 4.78 is 12.6. The first kappa shape index (κ1) is 9.30. The third-order valence-electron chi connectivity index (χ3n) is 1.95. The Morgan fingerprint density at radius 2 is 2.00 bits per heavy atom. The molecule has 4 heteroatoms. The minimum atomic E-state index is -0.254. The summed E-state index contributed by atoms with van der Waals surface area (Å²) in [6.07, 6.45) is 1.71. The van der Waals surface area contributed by atoms with Crippen molar-refractivity contribution in [2.75, 3.05) is 0 Å². The van der Waals surface area contributed by atoms with Crippen molar-refractivity contribution in [3.05, 3.63) is 52.2 Å². The lowest BCUT2D eigenvalue weighted by atomic mass is 10.1. The van der Waals surface area contributed by atoms with Gasteiger partial charge >= 0.3 is 0 Å². The van der Waals surface area contributed by atoms with Gasteiger partial charge in [-0.3, -0.25) is 0 Å². The molecule has 0 amide bonds. The van der Waals surface area contributed by atoms with Crippen molar-refractivity contribution in [2.24, 2.45) is 5.73 Å². The Morgan fingerprint density at radius 1 is 1.29 bits per heavy atom. The summed E-state index contributed by atoms with van der Waals surface area (Å²) in [5, 5.41) is 2.72. The SMILES string of the molecule is NC(c1ccc(F)cc1)c1nccs1. The number of nitrogens with zero attached hydrogens (tertiary/aromatic N) is 1. The van der Waals surface area contributed by atoms with Crippen LogP contribution in [0, 0.1) is 5.82 Å². The van der Waals surface area contributed by atoms with E-state index in [4.69, 9.17) is 5.73 Å². The minimum absolute atomic E-state index is 0.250. The van der Waals surface area contributed by atoms with Gasteiger partial charge in [0.2, 0.25) is 0 Å². The first-order valence-electron chi connectivity index (χ1n) is 4.18. The highest BCUT2D eigenvalue weighted by Crippen LogP contribution is 2.21. The average Bonchev–Trinajstić information content (AvgIpc) is 2.71. The van der Waals surface area contributed by atoms with Gasteiger partial charge < -0.3 is 5.73 Å². The minimum Gasteiger partial charge on any atom is -0.318 e. The van der Waals surface area contributed by atoms with E-state index in [0.29, 0.717) is 0 Å². The number of nitrogens with two attached hydrogens (primary N) is 1. The van der Waals surface area contributed by atoms with Crippen LogP contribution < -0.4 is 5.73 Å². The van der Waals surface area contributed by atoms with Gasteiger partial charge in [0.25, 0.3) is 0 Å². The molecule has 0 spiro atoms. The van der Waals surface area contributed by atoms with Gasteiger partial charge in [-0.25, -0.2) is 9.37 Å². The van der Waals surface area contributed by atoms with Gasteiger partial charge in [0.1, 0.15) is 10.8 Å². The van der Waals surface area contributed by atoms with Gasteiger partial charge in [-0.05, 0) is 17.7 Å². The van der Waals surface area contributed by atoms with Crippen molar-refractivity contribution in [1.29, 1.82) is 0 Å². The molecule has 72 valence electrons. The monoisotopic (exact) mass is 208 g/mol. The Bertz CT molecular complexity index is 397. The smallest absolute Gasteiger partial charge is 0.123 e. The molecule has 1 atom stereocenters. The normalized spacial score (nSPS) is 12.7. The lowest BCUT2D eigenvalue weighted by molar-refractivity contribution is 0.626. The number of hydrogen-bond donors (Lipinski definition) is 1. The molecule has 0 radical (unpaired) electrons. The molecule has 0 aliphatic heterocycles. The van der Waals surface area contributed by atoms with Crippen LogP contribution in [0.2, 0.25) is 0 Å². The standard InChI is InChI=1S/C10H9FN2S/c11-8-3-1-7(2-4-8)9(12)10-13-5-6-14-10/h1-6,9H,12H2. The summed E-state index contributed by atoms with van der Waals surface area (Å²) in [5.41, 5.74) is 6.81. The highest BCUT2D eigenvalue weighted by molar-refractivity contribution is 7.09. The van der Waals surface area contributed by atoms with E-state index in [9.17, 15) is 4.39 Å². The zero-order valence-electron chi connectivity index (χ0n) is 7.35. The zero-order chi connectivity index (χ0) is 9.97. The predicted octanol–water partition coefficient (Wildman–Crippen LogP) is 2.33. The molecule has 0 saturated carbocycles. The Morgan fingerprint density at radius 3 is 2.57 bits per heavy atom. The Kier molecular flexibility index (Phi) is 2.56. The Labute approximate surface area is 85.2 Å². The molecule has 0 bridgehead atoms. The average molecular weight is 208 g/mol. The van der Waals surface area contributed by atoms with E-state index in [1.54, 1.807) is 18.3 Å². The Hall–Kier alpha value is -1.26. The van der Waals surface area contributed by atoms with Crippen LogP contribution in [0.15, 0.2) is 35.8 Å². The van der Waals surface area contributed by atoms with Gasteiger partial charge in [-0.2, -0.15) is 0 Å². The molecule has 0 aliphatic carbocycles. The van der Waals surface area contributed by atoms with Gasteiger partial charge in [0.15, 0.2) is 0 Å². The third-order valence-corrected chi connectivity index (χ3v) is 2.81. The number of benzene rings is 1. The van der Waals surface area contributed by atoms with Crippen molar-refractivity contribution >= 4 is 11.3 Å². The van der Waals surface area contributed by atoms with Crippen LogP contribution in [0.4, 0.5) is 4.39 Å². The zero-order valence-corrected chi connectivity index (χ0v) is 8.17. The first-order valence-corrected chi connectivity index (χ1v) is 5.06. The van der Waals surface area contributed by atoms with Gasteiger partial charge in [0.05, 0.1) is 6.04 Å². The quantitative estimate of drug-likeness (QED) is 0.822. The summed E-state index contributed by atoms with van der Waals surface area (Å²) in [4.78, 5) is 4.11. The maximum atomic E-state index is 12.6. The van der Waals surface area contributed by atoms with Crippen LogP contribution >= 0.6 is 11.3 Å². The van der Waals surface area contributed by atoms with Crippen LogP contribution in [0.5, 0.6) is 0 Å². The van der Waals surface area contributed by atoms with Crippen LogP contribution in [0.3, 0.4) is 0 Å². The van der Waals surface area contributed by atoms with Crippen LogP contribution in [-0.2, 0) is 0 Å². The summed E-state index contributed by atoms with van der Waals surface area (Å²) in [7, 11) is 0. The fourth-order valence-corrected chi connectivity index (χ4v) is 1.87. The highest BCUT2D eigenvalue weighted by atomic mass is 32.1. The number of aromatic nitrogens is 1. The topological polar surface area (TPSA) is 38.9 Å². The largest absolute Gasteiger partial charge is 0.318 e. The second-order valence-electron chi connectivity index (χ2n) is 2.90. The van der Waals surface area contributed by atoms with Crippen LogP contribution in [-0.4, -0.2) is 4.98 Å². The van der Waals surface area contributed by atoms with Crippen LogP contribution in [0.1, 0.15) is 16.6 Å². The maximum Gasteiger partial charge on any atom is 0.123 e. The van der Waals surface area contributed by atoms with Gasteiger partial charge in [0, 0.05) is 11.6 Å². The fourth-order valence-electron chi connectivity index (χ4n) is 1.20. The van der Waals surface area contributed by atoms with E-state index in [1.165, 1.54) is 23.5 Å².